The average molecular weight is 456 g/mol. The molecule has 0 fully saturated rings. The van der Waals surface area contributed by atoms with Crippen LogP contribution in [0.15, 0.2) is 52.7 Å². The second kappa shape index (κ2) is 11.2. The highest BCUT2D eigenvalue weighted by atomic mass is 32.2. The molecule has 10 heteroatoms. The molecule has 0 aliphatic carbocycles. The van der Waals surface area contributed by atoms with Gasteiger partial charge in [0.2, 0.25) is 0 Å². The maximum atomic E-state index is 12.2. The van der Waals surface area contributed by atoms with Crippen LogP contribution in [0.2, 0.25) is 0 Å². The molecule has 0 saturated carbocycles. The highest BCUT2D eigenvalue weighted by molar-refractivity contribution is 7.99. The molecular weight excluding hydrogens is 430 g/mol. The molecule has 32 heavy (non-hydrogen) atoms. The SMILES string of the molecule is CCn1c(SCC(=O)N/N=C\c2cccc(OC)c2)nnc1-c1ccc(OC)c(OC)c1. The van der Waals surface area contributed by atoms with Crippen molar-refractivity contribution in [3.63, 3.8) is 0 Å². The summed E-state index contributed by atoms with van der Waals surface area (Å²) in [6.07, 6.45) is 1.56. The smallest absolute Gasteiger partial charge is 0.250 e. The van der Waals surface area contributed by atoms with Gasteiger partial charge in [-0.25, -0.2) is 5.43 Å². The minimum atomic E-state index is -0.243. The number of nitrogens with zero attached hydrogens (tertiary/aromatic N) is 4. The summed E-state index contributed by atoms with van der Waals surface area (Å²) in [6, 6.07) is 13.0. The Morgan fingerprint density at radius 1 is 1.09 bits per heavy atom. The molecule has 2 aromatic carbocycles. The third-order valence-corrected chi connectivity index (χ3v) is 5.47. The first kappa shape index (κ1) is 23.1. The maximum absolute atomic E-state index is 12.2. The number of benzene rings is 2. The van der Waals surface area contributed by atoms with Gasteiger partial charge in [0.1, 0.15) is 5.75 Å². The summed E-state index contributed by atoms with van der Waals surface area (Å²) in [6.45, 7) is 2.64. The lowest BCUT2D eigenvalue weighted by Gasteiger charge is -2.10. The van der Waals surface area contributed by atoms with Crippen molar-refractivity contribution in [3.8, 4) is 28.6 Å². The molecule has 9 nitrogen and oxygen atoms in total. The highest BCUT2D eigenvalue weighted by Gasteiger charge is 2.16. The largest absolute Gasteiger partial charge is 0.497 e. The van der Waals surface area contributed by atoms with Gasteiger partial charge in [-0.05, 0) is 42.8 Å². The van der Waals surface area contributed by atoms with E-state index in [9.17, 15) is 4.79 Å². The fourth-order valence-electron chi connectivity index (χ4n) is 2.93. The first-order valence-corrected chi connectivity index (χ1v) is 10.8. The number of carbonyl (C=O) groups is 1. The van der Waals surface area contributed by atoms with E-state index in [1.807, 2.05) is 54.0 Å². The van der Waals surface area contributed by atoms with Gasteiger partial charge in [-0.15, -0.1) is 10.2 Å². The number of carbonyl (C=O) groups excluding carboxylic acids is 1. The Hall–Kier alpha value is -3.53. The van der Waals surface area contributed by atoms with Crippen molar-refractivity contribution in [2.24, 2.45) is 5.10 Å². The molecule has 0 spiro atoms. The molecule has 168 valence electrons. The average Bonchev–Trinajstić information content (AvgIpc) is 3.25. The third kappa shape index (κ3) is 5.58. The fraction of sp³-hybridized carbons (Fsp3) is 0.273. The maximum Gasteiger partial charge on any atom is 0.250 e. The van der Waals surface area contributed by atoms with Crippen LogP contribution in [0.25, 0.3) is 11.4 Å². The summed E-state index contributed by atoms with van der Waals surface area (Å²) >= 11 is 1.29. The molecule has 0 aliphatic heterocycles. The Morgan fingerprint density at radius 3 is 2.62 bits per heavy atom. The number of hydrogen-bond donors (Lipinski definition) is 1. The number of amides is 1. The van der Waals surface area contributed by atoms with E-state index in [1.54, 1.807) is 27.5 Å². The zero-order valence-corrected chi connectivity index (χ0v) is 19.2. The van der Waals surface area contributed by atoms with Crippen LogP contribution in [-0.2, 0) is 11.3 Å². The van der Waals surface area contributed by atoms with Crippen LogP contribution in [0.4, 0.5) is 0 Å². The Balaban J connectivity index is 1.64. The van der Waals surface area contributed by atoms with E-state index in [-0.39, 0.29) is 11.7 Å². The monoisotopic (exact) mass is 455 g/mol. The summed E-state index contributed by atoms with van der Waals surface area (Å²) in [5.41, 5.74) is 4.19. The van der Waals surface area contributed by atoms with E-state index in [0.29, 0.717) is 29.0 Å². The summed E-state index contributed by atoms with van der Waals surface area (Å²) in [7, 11) is 4.77. The van der Waals surface area contributed by atoms with Gasteiger partial charge < -0.3 is 18.8 Å². The molecule has 1 N–H and O–H groups in total. The van der Waals surface area contributed by atoms with Gasteiger partial charge in [0.15, 0.2) is 22.5 Å². The predicted octanol–water partition coefficient (Wildman–Crippen LogP) is 3.23. The second-order valence-electron chi connectivity index (χ2n) is 6.48. The number of hydrazone groups is 1. The van der Waals surface area contributed by atoms with Crippen LogP contribution in [0, 0.1) is 0 Å². The van der Waals surface area contributed by atoms with Crippen molar-refractivity contribution in [2.75, 3.05) is 27.1 Å². The van der Waals surface area contributed by atoms with Crippen LogP contribution in [0.3, 0.4) is 0 Å². The molecule has 0 atom stereocenters. The molecule has 0 radical (unpaired) electrons. The normalized spacial score (nSPS) is 10.9. The van der Waals surface area contributed by atoms with Gasteiger partial charge in [-0.2, -0.15) is 5.10 Å². The number of aromatic nitrogens is 3. The number of hydrogen-bond acceptors (Lipinski definition) is 8. The molecule has 0 bridgehead atoms. The van der Waals surface area contributed by atoms with E-state index >= 15 is 0 Å². The minimum absolute atomic E-state index is 0.152. The van der Waals surface area contributed by atoms with Crippen molar-refractivity contribution in [1.82, 2.24) is 20.2 Å². The number of methoxy groups -OCH3 is 3. The Kier molecular flexibility index (Phi) is 8.09. The summed E-state index contributed by atoms with van der Waals surface area (Å²) in [4.78, 5) is 12.2. The van der Waals surface area contributed by atoms with Crippen molar-refractivity contribution in [3.05, 3.63) is 48.0 Å². The van der Waals surface area contributed by atoms with Crippen LogP contribution >= 0.6 is 11.8 Å². The summed E-state index contributed by atoms with van der Waals surface area (Å²) in [5, 5.41) is 13.2. The Bertz CT molecular complexity index is 1100. The molecule has 0 unspecified atom stereocenters. The highest BCUT2D eigenvalue weighted by Crippen LogP contribution is 2.32. The number of thioether (sulfide) groups is 1. The van der Waals surface area contributed by atoms with Crippen LogP contribution in [-0.4, -0.2) is 54.0 Å². The fourth-order valence-corrected chi connectivity index (χ4v) is 3.73. The minimum Gasteiger partial charge on any atom is -0.497 e. The molecule has 1 aromatic heterocycles. The Labute approximate surface area is 190 Å². The standard InChI is InChI=1S/C22H25N5O4S/c1-5-27-21(16-9-10-18(30-3)19(12-16)31-4)25-26-22(27)32-14-20(28)24-23-13-15-7-6-8-17(11-15)29-2/h6-13H,5,14H2,1-4H3,(H,24,28)/b23-13-. The van der Waals surface area contributed by atoms with E-state index in [2.05, 4.69) is 20.7 Å². The second-order valence-corrected chi connectivity index (χ2v) is 7.42. The molecule has 1 heterocycles. The lowest BCUT2D eigenvalue weighted by atomic mass is 10.2. The van der Waals surface area contributed by atoms with Gasteiger partial charge in [0.05, 0.1) is 33.3 Å². The summed E-state index contributed by atoms with van der Waals surface area (Å²) in [5.74, 6) is 2.57. The lowest BCUT2D eigenvalue weighted by molar-refractivity contribution is -0.118. The van der Waals surface area contributed by atoms with Crippen LogP contribution in [0.1, 0.15) is 12.5 Å². The van der Waals surface area contributed by atoms with Crippen molar-refractivity contribution < 1.29 is 19.0 Å². The molecule has 3 rings (SSSR count). The molecule has 0 aliphatic rings. The zero-order valence-electron chi connectivity index (χ0n) is 18.4. The van der Waals surface area contributed by atoms with Gasteiger partial charge in [0, 0.05) is 12.1 Å². The van der Waals surface area contributed by atoms with E-state index in [4.69, 9.17) is 14.2 Å². The topological polar surface area (TPSA) is 99.9 Å². The van der Waals surface area contributed by atoms with Gasteiger partial charge in [-0.3, -0.25) is 4.79 Å². The molecule has 0 saturated heterocycles. The third-order valence-electron chi connectivity index (χ3n) is 4.50. The zero-order chi connectivity index (χ0) is 22.9. The van der Waals surface area contributed by atoms with E-state index in [1.165, 1.54) is 11.8 Å². The Morgan fingerprint density at radius 2 is 1.91 bits per heavy atom. The molecule has 1 amide bonds. The molecular formula is C22H25N5O4S. The van der Waals surface area contributed by atoms with E-state index in [0.717, 1.165) is 16.9 Å². The lowest BCUT2D eigenvalue weighted by Crippen LogP contribution is -2.20. The van der Waals surface area contributed by atoms with Crippen LogP contribution < -0.4 is 19.6 Å². The van der Waals surface area contributed by atoms with Crippen molar-refractivity contribution in [2.45, 2.75) is 18.6 Å². The van der Waals surface area contributed by atoms with Crippen molar-refractivity contribution >= 4 is 23.9 Å². The van der Waals surface area contributed by atoms with Gasteiger partial charge >= 0.3 is 0 Å². The number of rotatable bonds is 10. The number of ether oxygens (including phenoxy) is 3. The number of nitrogens with one attached hydrogen (secondary N) is 1. The van der Waals surface area contributed by atoms with Crippen LogP contribution in [0.5, 0.6) is 17.2 Å². The quantitative estimate of drug-likeness (QED) is 0.285. The van der Waals surface area contributed by atoms with Gasteiger partial charge in [-0.1, -0.05) is 23.9 Å². The predicted molar refractivity (Wildman–Crippen MR) is 124 cm³/mol. The van der Waals surface area contributed by atoms with Gasteiger partial charge in [0.25, 0.3) is 5.91 Å². The van der Waals surface area contributed by atoms with Crippen molar-refractivity contribution in [1.29, 1.82) is 0 Å². The first-order valence-electron chi connectivity index (χ1n) is 9.84. The first-order chi connectivity index (χ1) is 15.6. The molecule has 3 aromatic rings. The van der Waals surface area contributed by atoms with E-state index < -0.39 is 0 Å². The summed E-state index contributed by atoms with van der Waals surface area (Å²) < 4.78 is 17.8.